The first-order chi connectivity index (χ1) is 14.2. The van der Waals surface area contributed by atoms with Gasteiger partial charge in [-0.1, -0.05) is 29.8 Å². The van der Waals surface area contributed by atoms with Crippen LogP contribution in [0.5, 0.6) is 0 Å². The molecule has 29 heavy (non-hydrogen) atoms. The second-order valence-corrected chi connectivity index (χ2v) is 7.60. The molecule has 0 spiro atoms. The second kappa shape index (κ2) is 9.37. The highest BCUT2D eigenvalue weighted by Gasteiger charge is 2.21. The van der Waals surface area contributed by atoms with Gasteiger partial charge in [-0.2, -0.15) is 15.0 Å². The van der Waals surface area contributed by atoms with Crippen molar-refractivity contribution in [3.05, 3.63) is 40.7 Å². The van der Waals surface area contributed by atoms with Gasteiger partial charge in [0, 0.05) is 31.2 Å². The highest BCUT2D eigenvalue weighted by molar-refractivity contribution is 6.31. The van der Waals surface area contributed by atoms with E-state index in [0.29, 0.717) is 36.0 Å². The average molecular weight is 417 g/mol. The van der Waals surface area contributed by atoms with E-state index in [0.717, 1.165) is 44.6 Å². The smallest absolute Gasteiger partial charge is 0.230 e. The summed E-state index contributed by atoms with van der Waals surface area (Å²) in [7, 11) is 0. The minimum Gasteiger partial charge on any atom is -0.378 e. The molecule has 0 bridgehead atoms. The summed E-state index contributed by atoms with van der Waals surface area (Å²) in [5, 5.41) is 3.50. The number of carbonyl (C=O) groups excluding carboxylic acids is 1. The van der Waals surface area contributed by atoms with E-state index in [-0.39, 0.29) is 18.9 Å². The van der Waals surface area contributed by atoms with E-state index in [1.807, 2.05) is 18.2 Å². The van der Waals surface area contributed by atoms with E-state index in [2.05, 4.69) is 30.1 Å². The Hall–Kier alpha value is -2.45. The van der Waals surface area contributed by atoms with Gasteiger partial charge in [-0.25, -0.2) is 0 Å². The third-order valence-corrected chi connectivity index (χ3v) is 5.46. The maximum absolute atomic E-state index is 12.4. The molecule has 1 amide bonds. The quantitative estimate of drug-likeness (QED) is 0.768. The fourth-order valence-corrected chi connectivity index (χ4v) is 3.70. The van der Waals surface area contributed by atoms with Gasteiger partial charge >= 0.3 is 0 Å². The number of hydrogen-bond donors (Lipinski definition) is 1. The fourth-order valence-electron chi connectivity index (χ4n) is 3.49. The zero-order valence-electron chi connectivity index (χ0n) is 16.3. The predicted octanol–water partition coefficient (Wildman–Crippen LogP) is 1.82. The molecule has 0 saturated carbocycles. The van der Waals surface area contributed by atoms with Crippen molar-refractivity contribution < 1.29 is 9.53 Å². The summed E-state index contributed by atoms with van der Waals surface area (Å²) < 4.78 is 5.44. The van der Waals surface area contributed by atoms with Crippen LogP contribution in [0.15, 0.2) is 24.3 Å². The van der Waals surface area contributed by atoms with Crippen LogP contribution in [-0.4, -0.2) is 60.3 Å². The van der Waals surface area contributed by atoms with Gasteiger partial charge in [-0.05, 0) is 24.5 Å². The number of halogens is 1. The second-order valence-electron chi connectivity index (χ2n) is 7.19. The molecule has 3 heterocycles. The molecule has 2 fully saturated rings. The number of hydrogen-bond acceptors (Lipinski definition) is 7. The molecular weight excluding hydrogens is 392 g/mol. The van der Waals surface area contributed by atoms with Crippen LogP contribution >= 0.6 is 11.6 Å². The average Bonchev–Trinajstić information content (AvgIpc) is 3.29. The normalized spacial score (nSPS) is 16.9. The van der Waals surface area contributed by atoms with Crippen LogP contribution in [0.25, 0.3) is 0 Å². The minimum absolute atomic E-state index is 0.117. The number of aromatic nitrogens is 3. The van der Waals surface area contributed by atoms with Crippen LogP contribution in [-0.2, 0) is 22.5 Å². The zero-order chi connectivity index (χ0) is 20.1. The molecule has 1 aromatic heterocycles. The standard InChI is InChI=1S/C20H25ClN6O2/c21-16-6-2-1-5-15(16)13-18(28)22-14-17-23-19(26-7-3-4-8-26)25-20(24-17)27-9-11-29-12-10-27/h1-2,5-6H,3-4,7-14H2,(H,22,28). The van der Waals surface area contributed by atoms with Crippen molar-refractivity contribution >= 4 is 29.4 Å². The lowest BCUT2D eigenvalue weighted by atomic mass is 10.1. The molecule has 0 atom stereocenters. The summed E-state index contributed by atoms with van der Waals surface area (Å²) >= 11 is 6.15. The molecule has 4 rings (SSSR count). The molecule has 154 valence electrons. The number of ether oxygens (including phenoxy) is 1. The van der Waals surface area contributed by atoms with E-state index >= 15 is 0 Å². The largest absolute Gasteiger partial charge is 0.378 e. The lowest BCUT2D eigenvalue weighted by Gasteiger charge is -2.28. The van der Waals surface area contributed by atoms with Gasteiger partial charge in [0.05, 0.1) is 26.2 Å². The third kappa shape index (κ3) is 5.13. The molecule has 2 aromatic rings. The topological polar surface area (TPSA) is 83.5 Å². The van der Waals surface area contributed by atoms with Crippen molar-refractivity contribution in [3.63, 3.8) is 0 Å². The number of nitrogens with one attached hydrogen (secondary N) is 1. The molecule has 2 aliphatic rings. The van der Waals surface area contributed by atoms with Gasteiger partial charge in [0.2, 0.25) is 17.8 Å². The molecule has 0 unspecified atom stereocenters. The van der Waals surface area contributed by atoms with Gasteiger partial charge in [0.15, 0.2) is 5.82 Å². The van der Waals surface area contributed by atoms with E-state index in [4.69, 9.17) is 16.3 Å². The number of amides is 1. The number of rotatable bonds is 6. The Morgan fingerprint density at radius 3 is 2.34 bits per heavy atom. The van der Waals surface area contributed by atoms with Crippen molar-refractivity contribution in [2.75, 3.05) is 49.2 Å². The fraction of sp³-hybridized carbons (Fsp3) is 0.500. The van der Waals surface area contributed by atoms with Crippen molar-refractivity contribution in [2.45, 2.75) is 25.8 Å². The summed E-state index contributed by atoms with van der Waals surface area (Å²) in [6.45, 7) is 4.98. The highest BCUT2D eigenvalue weighted by Crippen LogP contribution is 2.20. The number of morpholine rings is 1. The Morgan fingerprint density at radius 1 is 1.00 bits per heavy atom. The van der Waals surface area contributed by atoms with Gasteiger partial charge in [-0.3, -0.25) is 4.79 Å². The Morgan fingerprint density at radius 2 is 1.66 bits per heavy atom. The summed E-state index contributed by atoms with van der Waals surface area (Å²) in [5.74, 6) is 1.79. The lowest BCUT2D eigenvalue weighted by molar-refractivity contribution is -0.120. The Balaban J connectivity index is 1.47. The predicted molar refractivity (Wildman–Crippen MR) is 111 cm³/mol. The number of anilines is 2. The molecule has 1 N–H and O–H groups in total. The van der Waals surface area contributed by atoms with Crippen LogP contribution in [0.2, 0.25) is 5.02 Å². The van der Waals surface area contributed by atoms with Gasteiger partial charge in [-0.15, -0.1) is 0 Å². The summed E-state index contributed by atoms with van der Waals surface area (Å²) in [4.78, 5) is 30.6. The maximum atomic E-state index is 12.4. The SMILES string of the molecule is O=C(Cc1ccccc1Cl)NCc1nc(N2CCCC2)nc(N2CCOCC2)n1. The first kappa shape index (κ1) is 19.8. The van der Waals surface area contributed by atoms with Crippen molar-refractivity contribution in [2.24, 2.45) is 0 Å². The van der Waals surface area contributed by atoms with Crippen LogP contribution in [0.4, 0.5) is 11.9 Å². The van der Waals surface area contributed by atoms with Crippen LogP contribution in [0.3, 0.4) is 0 Å². The Bertz CT molecular complexity index is 853. The molecule has 0 radical (unpaired) electrons. The monoisotopic (exact) mass is 416 g/mol. The lowest BCUT2D eigenvalue weighted by Crippen LogP contribution is -2.38. The molecule has 1 aromatic carbocycles. The summed E-state index contributed by atoms with van der Waals surface area (Å²) in [6, 6.07) is 7.36. The molecule has 2 aliphatic heterocycles. The summed E-state index contributed by atoms with van der Waals surface area (Å²) in [5.41, 5.74) is 0.800. The highest BCUT2D eigenvalue weighted by atomic mass is 35.5. The van der Waals surface area contributed by atoms with Crippen LogP contribution < -0.4 is 15.1 Å². The molecule has 0 aliphatic carbocycles. The van der Waals surface area contributed by atoms with Crippen molar-refractivity contribution in [1.82, 2.24) is 20.3 Å². The van der Waals surface area contributed by atoms with E-state index in [1.54, 1.807) is 6.07 Å². The van der Waals surface area contributed by atoms with E-state index in [9.17, 15) is 4.79 Å². The van der Waals surface area contributed by atoms with Gasteiger partial charge in [0.1, 0.15) is 0 Å². The minimum atomic E-state index is -0.117. The summed E-state index contributed by atoms with van der Waals surface area (Å²) in [6.07, 6.45) is 2.50. The first-order valence-electron chi connectivity index (χ1n) is 10.0. The molecule has 8 nitrogen and oxygen atoms in total. The van der Waals surface area contributed by atoms with Crippen molar-refractivity contribution in [3.8, 4) is 0 Å². The van der Waals surface area contributed by atoms with Crippen LogP contribution in [0, 0.1) is 0 Å². The Kier molecular flexibility index (Phi) is 6.41. The number of nitrogens with zero attached hydrogens (tertiary/aromatic N) is 5. The molecule has 9 heteroatoms. The van der Waals surface area contributed by atoms with Gasteiger partial charge < -0.3 is 19.9 Å². The number of benzene rings is 1. The maximum Gasteiger partial charge on any atom is 0.230 e. The first-order valence-corrected chi connectivity index (χ1v) is 10.4. The third-order valence-electron chi connectivity index (χ3n) is 5.09. The van der Waals surface area contributed by atoms with Gasteiger partial charge in [0.25, 0.3) is 0 Å². The van der Waals surface area contributed by atoms with E-state index in [1.165, 1.54) is 0 Å². The van der Waals surface area contributed by atoms with Crippen LogP contribution in [0.1, 0.15) is 24.2 Å². The Labute approximate surface area is 175 Å². The molecule has 2 saturated heterocycles. The zero-order valence-corrected chi connectivity index (χ0v) is 17.1. The number of carbonyl (C=O) groups is 1. The molecular formula is C20H25ClN6O2. The van der Waals surface area contributed by atoms with E-state index < -0.39 is 0 Å². The van der Waals surface area contributed by atoms with Crippen molar-refractivity contribution in [1.29, 1.82) is 0 Å².